The van der Waals surface area contributed by atoms with Gasteiger partial charge in [0.15, 0.2) is 0 Å². The third kappa shape index (κ3) is 3.93. The Morgan fingerprint density at radius 1 is 1.12 bits per heavy atom. The van der Waals surface area contributed by atoms with Crippen molar-refractivity contribution in [3.63, 3.8) is 0 Å². The number of hydrogen-bond acceptors (Lipinski definition) is 7. The summed E-state index contributed by atoms with van der Waals surface area (Å²) in [7, 11) is 0. The van der Waals surface area contributed by atoms with Gasteiger partial charge in [0.1, 0.15) is 37.7 Å². The maximum Gasteiger partial charge on any atom is 0.415 e. The SMILES string of the molecule is NC[C@@H]1OC(=O)N2c3ccc(N4CCN(C(=O)OCc5ccccc5)CC4=O)cc3OC[C@@H]12. The van der Waals surface area contributed by atoms with Crippen LogP contribution in [0.15, 0.2) is 48.5 Å². The maximum absolute atomic E-state index is 12.8. The minimum Gasteiger partial charge on any atom is -0.489 e. The number of carbonyl (C=O) groups is 3. The Kier molecular flexibility index (Phi) is 5.51. The lowest BCUT2D eigenvalue weighted by atomic mass is 10.1. The largest absolute Gasteiger partial charge is 0.489 e. The number of carbonyl (C=O) groups excluding carboxylic acids is 3. The van der Waals surface area contributed by atoms with Gasteiger partial charge >= 0.3 is 12.2 Å². The second-order valence-electron chi connectivity index (χ2n) is 8.07. The molecule has 5 rings (SSSR count). The van der Waals surface area contributed by atoms with Crippen molar-refractivity contribution in [2.75, 3.05) is 42.6 Å². The van der Waals surface area contributed by atoms with Crippen molar-refractivity contribution >= 4 is 29.5 Å². The summed E-state index contributed by atoms with van der Waals surface area (Å²) in [6.45, 7) is 1.22. The molecule has 0 spiro atoms. The first kappa shape index (κ1) is 21.1. The van der Waals surface area contributed by atoms with E-state index >= 15 is 0 Å². The zero-order valence-corrected chi connectivity index (χ0v) is 17.9. The first-order valence-corrected chi connectivity index (χ1v) is 10.8. The van der Waals surface area contributed by atoms with Crippen LogP contribution in [0.25, 0.3) is 0 Å². The van der Waals surface area contributed by atoms with Gasteiger partial charge in [-0.15, -0.1) is 0 Å². The third-order valence-corrected chi connectivity index (χ3v) is 6.05. The molecule has 3 heterocycles. The fourth-order valence-electron chi connectivity index (χ4n) is 4.30. The van der Waals surface area contributed by atoms with E-state index in [4.69, 9.17) is 19.9 Å². The molecule has 0 radical (unpaired) electrons. The summed E-state index contributed by atoms with van der Waals surface area (Å²) in [6, 6.07) is 14.3. The van der Waals surface area contributed by atoms with E-state index in [1.807, 2.05) is 30.3 Å². The van der Waals surface area contributed by atoms with Crippen LogP contribution in [0.2, 0.25) is 0 Å². The lowest BCUT2D eigenvalue weighted by Crippen LogP contribution is -2.52. The first-order chi connectivity index (χ1) is 16.0. The van der Waals surface area contributed by atoms with E-state index in [0.717, 1.165) is 5.56 Å². The summed E-state index contributed by atoms with van der Waals surface area (Å²) in [6.07, 6.45) is -1.39. The minimum absolute atomic E-state index is 0.0791. The van der Waals surface area contributed by atoms with Crippen molar-refractivity contribution in [1.29, 1.82) is 0 Å². The molecule has 2 N–H and O–H groups in total. The molecule has 2 aromatic rings. The summed E-state index contributed by atoms with van der Waals surface area (Å²) < 4.78 is 16.5. The predicted molar refractivity (Wildman–Crippen MR) is 118 cm³/mol. The Bertz CT molecular complexity index is 1080. The summed E-state index contributed by atoms with van der Waals surface area (Å²) in [5, 5.41) is 0. The van der Waals surface area contributed by atoms with Gasteiger partial charge < -0.3 is 24.8 Å². The van der Waals surface area contributed by atoms with E-state index in [1.165, 1.54) is 4.90 Å². The van der Waals surface area contributed by atoms with Crippen LogP contribution in [0.3, 0.4) is 0 Å². The normalized spacial score (nSPS) is 21.8. The number of anilines is 2. The van der Waals surface area contributed by atoms with E-state index in [-0.39, 0.29) is 38.3 Å². The van der Waals surface area contributed by atoms with E-state index in [9.17, 15) is 14.4 Å². The molecule has 2 atom stereocenters. The number of ether oxygens (including phenoxy) is 3. The monoisotopic (exact) mass is 452 g/mol. The second kappa shape index (κ2) is 8.62. The van der Waals surface area contributed by atoms with Crippen LogP contribution >= 0.6 is 0 Å². The Balaban J connectivity index is 1.24. The molecule has 3 aliphatic heterocycles. The first-order valence-electron chi connectivity index (χ1n) is 10.8. The number of benzene rings is 2. The van der Waals surface area contributed by atoms with Crippen molar-refractivity contribution in [2.45, 2.75) is 18.8 Å². The van der Waals surface area contributed by atoms with Gasteiger partial charge in [-0.05, 0) is 17.7 Å². The standard InChI is InChI=1S/C23H24N4O6/c24-11-20-18-14-31-19-10-16(6-7-17(19)27(18)23(30)33-20)26-9-8-25(12-21(26)28)22(29)32-13-15-4-2-1-3-5-15/h1-7,10,18,20H,8-9,11-14,24H2/t18-,20-/m0/s1. The van der Waals surface area contributed by atoms with Gasteiger partial charge in [0.2, 0.25) is 5.91 Å². The summed E-state index contributed by atoms with van der Waals surface area (Å²) >= 11 is 0. The van der Waals surface area contributed by atoms with Crippen LogP contribution in [-0.4, -0.2) is 67.9 Å². The predicted octanol–water partition coefficient (Wildman–Crippen LogP) is 1.72. The van der Waals surface area contributed by atoms with Gasteiger partial charge in [-0.25, -0.2) is 9.59 Å². The molecule has 0 aromatic heterocycles. The molecule has 0 saturated carbocycles. The number of hydrogen-bond donors (Lipinski definition) is 1. The summed E-state index contributed by atoms with van der Waals surface area (Å²) in [5.41, 5.74) is 7.81. The molecular weight excluding hydrogens is 428 g/mol. The molecule has 0 bridgehead atoms. The van der Waals surface area contributed by atoms with E-state index in [0.29, 0.717) is 30.2 Å². The van der Waals surface area contributed by atoms with E-state index in [2.05, 4.69) is 0 Å². The highest BCUT2D eigenvalue weighted by atomic mass is 16.6. The van der Waals surface area contributed by atoms with Crippen molar-refractivity contribution in [3.05, 3.63) is 54.1 Å². The molecule has 3 aliphatic rings. The smallest absolute Gasteiger partial charge is 0.415 e. The molecule has 172 valence electrons. The van der Waals surface area contributed by atoms with Crippen molar-refractivity contribution < 1.29 is 28.6 Å². The van der Waals surface area contributed by atoms with Gasteiger partial charge in [-0.3, -0.25) is 14.6 Å². The Labute approximate surface area is 190 Å². The van der Waals surface area contributed by atoms with Crippen LogP contribution < -0.4 is 20.3 Å². The van der Waals surface area contributed by atoms with Gasteiger partial charge in [-0.2, -0.15) is 0 Å². The Hall–Kier alpha value is -3.79. The van der Waals surface area contributed by atoms with Crippen molar-refractivity contribution in [2.24, 2.45) is 5.73 Å². The highest BCUT2D eigenvalue weighted by molar-refractivity contribution is 5.99. The van der Waals surface area contributed by atoms with Crippen LogP contribution in [-0.2, 0) is 20.9 Å². The number of amides is 3. The summed E-state index contributed by atoms with van der Waals surface area (Å²) in [5.74, 6) is 0.270. The third-order valence-electron chi connectivity index (χ3n) is 6.05. The van der Waals surface area contributed by atoms with Crippen LogP contribution in [0.4, 0.5) is 21.0 Å². The zero-order valence-electron chi connectivity index (χ0n) is 17.9. The van der Waals surface area contributed by atoms with Gasteiger partial charge in [-0.1, -0.05) is 30.3 Å². The van der Waals surface area contributed by atoms with Crippen LogP contribution in [0.5, 0.6) is 5.75 Å². The minimum atomic E-state index is -0.520. The fourth-order valence-corrected chi connectivity index (χ4v) is 4.30. The molecule has 0 aliphatic carbocycles. The molecule has 10 heteroatoms. The second-order valence-corrected chi connectivity index (χ2v) is 8.07. The topological polar surface area (TPSA) is 115 Å². The number of fused-ring (bicyclic) bond motifs is 3. The molecule has 33 heavy (non-hydrogen) atoms. The average Bonchev–Trinajstić information content (AvgIpc) is 3.18. The summed E-state index contributed by atoms with van der Waals surface area (Å²) in [4.78, 5) is 42.1. The molecule has 2 aromatic carbocycles. The number of cyclic esters (lactones) is 1. The van der Waals surface area contributed by atoms with E-state index < -0.39 is 18.3 Å². The highest BCUT2D eigenvalue weighted by Crippen LogP contribution is 2.41. The number of nitrogens with two attached hydrogens (primary N) is 1. The maximum atomic E-state index is 12.8. The van der Waals surface area contributed by atoms with Crippen molar-refractivity contribution in [1.82, 2.24) is 4.90 Å². The Morgan fingerprint density at radius 3 is 2.70 bits per heavy atom. The lowest BCUT2D eigenvalue weighted by Gasteiger charge is -2.35. The molecule has 2 fully saturated rings. The molecule has 2 saturated heterocycles. The fraction of sp³-hybridized carbons (Fsp3) is 0.348. The van der Waals surface area contributed by atoms with E-state index in [1.54, 1.807) is 28.0 Å². The van der Waals surface area contributed by atoms with Gasteiger partial charge in [0.05, 0.1) is 5.69 Å². The van der Waals surface area contributed by atoms with Crippen LogP contribution in [0.1, 0.15) is 5.56 Å². The van der Waals surface area contributed by atoms with Gasteiger partial charge in [0, 0.05) is 31.4 Å². The highest BCUT2D eigenvalue weighted by Gasteiger charge is 2.46. The molecule has 10 nitrogen and oxygen atoms in total. The average molecular weight is 452 g/mol. The number of rotatable bonds is 4. The lowest BCUT2D eigenvalue weighted by molar-refractivity contribution is -0.120. The van der Waals surface area contributed by atoms with Crippen LogP contribution in [0, 0.1) is 0 Å². The zero-order chi connectivity index (χ0) is 22.9. The molecular formula is C23H24N4O6. The number of nitrogens with zero attached hydrogens (tertiary/aromatic N) is 3. The quantitative estimate of drug-likeness (QED) is 0.751. The molecule has 0 unspecified atom stereocenters. The Morgan fingerprint density at radius 2 is 1.94 bits per heavy atom. The molecule has 3 amide bonds. The number of piperazine rings is 1. The van der Waals surface area contributed by atoms with Gasteiger partial charge in [0.25, 0.3) is 0 Å². The van der Waals surface area contributed by atoms with Crippen molar-refractivity contribution in [3.8, 4) is 5.75 Å².